The summed E-state index contributed by atoms with van der Waals surface area (Å²) in [7, 11) is 0. The lowest BCUT2D eigenvalue weighted by Crippen LogP contribution is -2.23. The number of rotatable bonds is 4. The van der Waals surface area contributed by atoms with Crippen molar-refractivity contribution in [3.05, 3.63) is 46.5 Å². The summed E-state index contributed by atoms with van der Waals surface area (Å²) in [6.07, 6.45) is 1.39. The molecule has 0 aliphatic rings. The topological polar surface area (TPSA) is 93.2 Å². The summed E-state index contributed by atoms with van der Waals surface area (Å²) < 4.78 is 5.35. The highest BCUT2D eigenvalue weighted by Crippen LogP contribution is 2.18. The maximum atomic E-state index is 11.9. The fourth-order valence-corrected chi connectivity index (χ4v) is 1.74. The van der Waals surface area contributed by atoms with Gasteiger partial charge in [-0.2, -0.15) is 0 Å². The minimum atomic E-state index is -0.285. The third-order valence-electron chi connectivity index (χ3n) is 2.46. The quantitative estimate of drug-likeness (QED) is 0.587. The van der Waals surface area contributed by atoms with Crippen molar-refractivity contribution in [1.29, 1.82) is 0 Å². The first-order valence-electron chi connectivity index (χ1n) is 5.56. The van der Waals surface area contributed by atoms with Crippen LogP contribution in [0.1, 0.15) is 21.9 Å². The minimum Gasteiger partial charge on any atom is -0.465 e. The van der Waals surface area contributed by atoms with Crippen LogP contribution in [0.25, 0.3) is 0 Å². The molecule has 2 rings (SSSR count). The molecule has 1 amide bonds. The molecule has 19 heavy (non-hydrogen) atoms. The van der Waals surface area contributed by atoms with Crippen LogP contribution in [0, 0.1) is 6.92 Å². The lowest BCUT2D eigenvalue weighted by atomic mass is 10.2. The van der Waals surface area contributed by atoms with Crippen molar-refractivity contribution in [2.75, 3.05) is 5.43 Å². The van der Waals surface area contributed by atoms with Gasteiger partial charge in [-0.15, -0.1) is 0 Å². The van der Waals surface area contributed by atoms with Crippen LogP contribution in [0.3, 0.4) is 0 Å². The average Bonchev–Trinajstić information content (AvgIpc) is 2.81. The number of aromatic nitrogens is 1. The number of nitrogen functional groups attached to an aromatic ring is 1. The molecule has 0 atom stereocenters. The number of nitrogens with two attached hydrogens (primary N) is 1. The van der Waals surface area contributed by atoms with Gasteiger partial charge in [0.25, 0.3) is 5.91 Å². The summed E-state index contributed by atoms with van der Waals surface area (Å²) in [6.45, 7) is 2.15. The fraction of sp³-hybridized carbons (Fsp3) is 0.167. The highest BCUT2D eigenvalue weighted by molar-refractivity contribution is 6.33. The number of amides is 1. The molecule has 100 valence electrons. The predicted molar refractivity (Wildman–Crippen MR) is 71.7 cm³/mol. The molecule has 2 heterocycles. The second kappa shape index (κ2) is 5.73. The van der Waals surface area contributed by atoms with Crippen LogP contribution in [0.2, 0.25) is 5.02 Å². The molecule has 6 nitrogen and oxygen atoms in total. The first-order chi connectivity index (χ1) is 9.10. The largest absolute Gasteiger partial charge is 0.465 e. The molecule has 0 bridgehead atoms. The number of anilines is 1. The number of nitrogens with one attached hydrogen (secondary N) is 2. The van der Waals surface area contributed by atoms with Gasteiger partial charge >= 0.3 is 0 Å². The number of furan rings is 1. The molecule has 0 saturated heterocycles. The van der Waals surface area contributed by atoms with Crippen LogP contribution in [-0.4, -0.2) is 10.9 Å². The monoisotopic (exact) mass is 280 g/mol. The number of aryl methyl sites for hydroxylation is 1. The van der Waals surface area contributed by atoms with E-state index in [9.17, 15) is 4.79 Å². The van der Waals surface area contributed by atoms with Gasteiger partial charge in [0.1, 0.15) is 11.5 Å². The van der Waals surface area contributed by atoms with Gasteiger partial charge in [0.15, 0.2) is 5.82 Å². The zero-order chi connectivity index (χ0) is 13.8. The summed E-state index contributed by atoms with van der Waals surface area (Å²) in [5.74, 6) is 6.72. The first-order valence-corrected chi connectivity index (χ1v) is 5.93. The Balaban J connectivity index is 2.01. The van der Waals surface area contributed by atoms with E-state index in [1.165, 1.54) is 12.3 Å². The molecule has 0 aromatic carbocycles. The standard InChI is InChI=1S/C12H13ClN4O2/c1-7-2-3-9(19-7)6-16-12(18)8-4-10(13)11(17-14)15-5-8/h2-5H,6,14H2,1H3,(H,15,17)(H,16,18). The van der Waals surface area contributed by atoms with Crippen molar-refractivity contribution in [3.8, 4) is 0 Å². The number of pyridine rings is 1. The lowest BCUT2D eigenvalue weighted by Gasteiger charge is -2.06. The third-order valence-corrected chi connectivity index (χ3v) is 2.75. The summed E-state index contributed by atoms with van der Waals surface area (Å²) in [5, 5.41) is 2.99. The highest BCUT2D eigenvalue weighted by atomic mass is 35.5. The lowest BCUT2D eigenvalue weighted by molar-refractivity contribution is 0.0947. The van der Waals surface area contributed by atoms with Crippen LogP contribution in [-0.2, 0) is 6.54 Å². The molecule has 0 unspecified atom stereocenters. The van der Waals surface area contributed by atoms with Gasteiger partial charge in [0, 0.05) is 6.20 Å². The first kappa shape index (κ1) is 13.4. The van der Waals surface area contributed by atoms with Crippen LogP contribution in [0.4, 0.5) is 5.82 Å². The van der Waals surface area contributed by atoms with Crippen LogP contribution in [0.15, 0.2) is 28.8 Å². The van der Waals surface area contributed by atoms with E-state index in [1.54, 1.807) is 0 Å². The van der Waals surface area contributed by atoms with E-state index < -0.39 is 0 Å². The number of hydrazine groups is 1. The molecule has 0 saturated carbocycles. The second-order valence-electron chi connectivity index (χ2n) is 3.89. The van der Waals surface area contributed by atoms with E-state index in [4.69, 9.17) is 21.9 Å². The number of hydrogen-bond donors (Lipinski definition) is 3. The molecule has 0 aliphatic carbocycles. The van der Waals surface area contributed by atoms with Gasteiger partial charge in [-0.05, 0) is 25.1 Å². The van der Waals surface area contributed by atoms with Gasteiger partial charge in [-0.3, -0.25) is 4.79 Å². The van der Waals surface area contributed by atoms with Crippen molar-refractivity contribution >= 4 is 23.3 Å². The molecule has 0 spiro atoms. The Morgan fingerprint density at radius 3 is 2.89 bits per heavy atom. The van der Waals surface area contributed by atoms with Gasteiger partial charge < -0.3 is 15.2 Å². The molecular formula is C12H13ClN4O2. The summed E-state index contributed by atoms with van der Waals surface area (Å²) >= 11 is 5.89. The maximum Gasteiger partial charge on any atom is 0.253 e. The molecule has 4 N–H and O–H groups in total. The van der Waals surface area contributed by atoms with E-state index in [-0.39, 0.29) is 10.9 Å². The molecular weight excluding hydrogens is 268 g/mol. The fourth-order valence-electron chi connectivity index (χ4n) is 1.52. The smallest absolute Gasteiger partial charge is 0.253 e. The van der Waals surface area contributed by atoms with Crippen molar-refractivity contribution in [3.63, 3.8) is 0 Å². The number of nitrogens with zero attached hydrogens (tertiary/aromatic N) is 1. The van der Waals surface area contributed by atoms with Crippen LogP contribution in [0.5, 0.6) is 0 Å². The third kappa shape index (κ3) is 3.24. The molecule has 0 fully saturated rings. The Morgan fingerprint density at radius 1 is 1.53 bits per heavy atom. The number of carbonyl (C=O) groups excluding carboxylic acids is 1. The van der Waals surface area contributed by atoms with E-state index in [2.05, 4.69) is 15.7 Å². The Hall–Kier alpha value is -2.05. The SMILES string of the molecule is Cc1ccc(CNC(=O)c2cnc(NN)c(Cl)c2)o1. The Kier molecular flexibility index (Phi) is 4.03. The van der Waals surface area contributed by atoms with Gasteiger partial charge in [0.05, 0.1) is 17.1 Å². The van der Waals surface area contributed by atoms with Crippen molar-refractivity contribution in [2.24, 2.45) is 5.84 Å². The van der Waals surface area contributed by atoms with Gasteiger partial charge in [-0.25, -0.2) is 10.8 Å². The summed E-state index contributed by atoms with van der Waals surface area (Å²) in [5.41, 5.74) is 2.69. The normalized spacial score (nSPS) is 10.3. The Morgan fingerprint density at radius 2 is 2.32 bits per heavy atom. The van der Waals surface area contributed by atoms with Crippen molar-refractivity contribution < 1.29 is 9.21 Å². The van der Waals surface area contributed by atoms with Crippen LogP contribution >= 0.6 is 11.6 Å². The maximum absolute atomic E-state index is 11.9. The minimum absolute atomic E-state index is 0.281. The number of hydrogen-bond acceptors (Lipinski definition) is 5. The summed E-state index contributed by atoms with van der Waals surface area (Å²) in [4.78, 5) is 15.8. The van der Waals surface area contributed by atoms with Crippen molar-refractivity contribution in [1.82, 2.24) is 10.3 Å². The van der Waals surface area contributed by atoms with Gasteiger partial charge in [0.2, 0.25) is 0 Å². The molecule has 0 radical (unpaired) electrons. The van der Waals surface area contributed by atoms with E-state index >= 15 is 0 Å². The summed E-state index contributed by atoms with van der Waals surface area (Å²) in [6, 6.07) is 5.14. The van der Waals surface area contributed by atoms with E-state index in [0.29, 0.717) is 23.7 Å². The van der Waals surface area contributed by atoms with E-state index in [0.717, 1.165) is 5.76 Å². The second-order valence-corrected chi connectivity index (χ2v) is 4.30. The average molecular weight is 281 g/mol. The molecule has 0 aliphatic heterocycles. The predicted octanol–water partition coefficient (Wildman–Crippen LogP) is 1.85. The highest BCUT2D eigenvalue weighted by Gasteiger charge is 2.10. The number of halogens is 1. The van der Waals surface area contributed by atoms with Crippen LogP contribution < -0.4 is 16.6 Å². The van der Waals surface area contributed by atoms with Crippen molar-refractivity contribution in [2.45, 2.75) is 13.5 Å². The molecule has 2 aromatic rings. The Labute approximate surface area is 114 Å². The van der Waals surface area contributed by atoms with Gasteiger partial charge in [-0.1, -0.05) is 11.6 Å². The number of carbonyl (C=O) groups is 1. The zero-order valence-corrected chi connectivity index (χ0v) is 11.0. The Bertz CT molecular complexity index is 597. The molecule has 7 heteroatoms. The molecule has 2 aromatic heterocycles. The van der Waals surface area contributed by atoms with E-state index in [1.807, 2.05) is 19.1 Å². The zero-order valence-electron chi connectivity index (χ0n) is 10.2.